The number of rotatable bonds is 12. The van der Waals surface area contributed by atoms with Crippen molar-refractivity contribution in [1.29, 1.82) is 0 Å². The standard InChI is InChI=1S/C29H35N5O5S/c1-20(2)17-34(40(37,38)24-11-10-23-14-28(30)32-25(23)15-24)18-27(35)26(13-21-7-4-3-5-8-21)33-29(36)39-19-22-9-6-12-31-16-22/h3-12,14,16,20,26-27,35H,13,15,17-19,30H2,1-2H3,(H,33,36). The summed E-state index contributed by atoms with van der Waals surface area (Å²) >= 11 is 0. The van der Waals surface area contributed by atoms with Gasteiger partial charge >= 0.3 is 6.09 Å². The number of benzene rings is 1. The molecule has 10 nitrogen and oxygen atoms in total. The van der Waals surface area contributed by atoms with Gasteiger partial charge in [-0.1, -0.05) is 56.3 Å². The molecule has 1 aliphatic carbocycles. The fraction of sp³-hybridized carbons (Fsp3) is 0.345. The van der Waals surface area contributed by atoms with Crippen molar-refractivity contribution in [3.05, 3.63) is 101 Å². The zero-order valence-electron chi connectivity index (χ0n) is 22.6. The Hall–Kier alpha value is -3.80. The molecule has 212 valence electrons. The zero-order valence-corrected chi connectivity index (χ0v) is 23.4. The van der Waals surface area contributed by atoms with Crippen LogP contribution < -0.4 is 11.1 Å². The van der Waals surface area contributed by atoms with Crippen LogP contribution in [0.15, 0.2) is 94.4 Å². The lowest BCUT2D eigenvalue weighted by atomic mass is 10.0. The van der Waals surface area contributed by atoms with Crippen LogP contribution in [0.4, 0.5) is 4.79 Å². The molecule has 2 heterocycles. The number of hydrogen-bond donors (Lipinski definition) is 3. The highest BCUT2D eigenvalue weighted by Gasteiger charge is 2.34. The summed E-state index contributed by atoms with van der Waals surface area (Å²) in [5.41, 5.74) is 8.78. The van der Waals surface area contributed by atoms with Crippen LogP contribution in [0.2, 0.25) is 0 Å². The van der Waals surface area contributed by atoms with Crippen molar-refractivity contribution < 1.29 is 23.1 Å². The van der Waals surface area contributed by atoms with E-state index in [-0.39, 0.29) is 43.4 Å². The van der Waals surface area contributed by atoms with Crippen molar-refractivity contribution in [3.63, 3.8) is 0 Å². The minimum atomic E-state index is -3.96. The predicted molar refractivity (Wildman–Crippen MR) is 153 cm³/mol. The second kappa shape index (κ2) is 13.0. The molecule has 2 aliphatic rings. The van der Waals surface area contributed by atoms with E-state index in [1.54, 1.807) is 42.8 Å². The molecule has 2 unspecified atom stereocenters. The van der Waals surface area contributed by atoms with Crippen LogP contribution in [0.1, 0.15) is 31.4 Å². The molecule has 1 aromatic heterocycles. The van der Waals surface area contributed by atoms with E-state index in [9.17, 15) is 18.3 Å². The summed E-state index contributed by atoms with van der Waals surface area (Å²) in [5, 5.41) is 14.1. The number of aromatic nitrogens is 1. The molecule has 0 bridgehead atoms. The number of aliphatic hydroxyl groups excluding tert-OH is 1. The van der Waals surface area contributed by atoms with Gasteiger partial charge in [0.15, 0.2) is 0 Å². The number of pyridine rings is 1. The number of aliphatic hydroxyl groups is 1. The Morgan fingerprint density at radius 3 is 2.58 bits per heavy atom. The van der Waals surface area contributed by atoms with Crippen LogP contribution in [0.25, 0.3) is 0 Å². The van der Waals surface area contributed by atoms with E-state index in [1.165, 1.54) is 4.31 Å². The monoisotopic (exact) mass is 565 g/mol. The quantitative estimate of drug-likeness (QED) is 0.358. The molecule has 4 N–H and O–H groups in total. The largest absolute Gasteiger partial charge is 0.445 e. The van der Waals surface area contributed by atoms with Crippen molar-refractivity contribution in [3.8, 4) is 0 Å². The van der Waals surface area contributed by atoms with Crippen LogP contribution in [0.5, 0.6) is 0 Å². The third-order valence-electron chi connectivity index (χ3n) is 6.48. The van der Waals surface area contributed by atoms with E-state index >= 15 is 0 Å². The third-order valence-corrected chi connectivity index (χ3v) is 8.40. The minimum Gasteiger partial charge on any atom is -0.445 e. The zero-order chi connectivity index (χ0) is 28.7. The van der Waals surface area contributed by atoms with Gasteiger partial charge in [-0.25, -0.2) is 18.2 Å². The number of carbonyl (C=O) groups is 1. The average molecular weight is 566 g/mol. The molecule has 4 rings (SSSR count). The molecule has 0 saturated heterocycles. The van der Waals surface area contributed by atoms with Crippen LogP contribution in [0, 0.1) is 5.92 Å². The molecule has 0 fully saturated rings. The number of sulfonamides is 1. The molecule has 40 heavy (non-hydrogen) atoms. The maximum Gasteiger partial charge on any atom is 0.407 e. The van der Waals surface area contributed by atoms with Crippen molar-refractivity contribution in [2.75, 3.05) is 13.1 Å². The van der Waals surface area contributed by atoms with Crippen LogP contribution in [-0.4, -0.2) is 59.9 Å². The first kappa shape index (κ1) is 29.2. The summed E-state index contributed by atoms with van der Waals surface area (Å²) in [7, 11) is -3.96. The van der Waals surface area contributed by atoms with Crippen molar-refractivity contribution in [1.82, 2.24) is 14.6 Å². The summed E-state index contributed by atoms with van der Waals surface area (Å²) < 4.78 is 34.2. The first-order valence-corrected chi connectivity index (χ1v) is 14.6. The summed E-state index contributed by atoms with van der Waals surface area (Å²) in [5.74, 6) is 0.330. The first-order chi connectivity index (χ1) is 19.1. The highest BCUT2D eigenvalue weighted by atomic mass is 32.2. The molecular formula is C29H35N5O5S. The van der Waals surface area contributed by atoms with Gasteiger partial charge in [0.1, 0.15) is 12.4 Å². The van der Waals surface area contributed by atoms with Crippen molar-refractivity contribution in [2.24, 2.45) is 16.6 Å². The Kier molecular flexibility index (Phi) is 9.51. The number of amides is 1. The van der Waals surface area contributed by atoms with E-state index in [0.29, 0.717) is 17.1 Å². The molecule has 1 aliphatic heterocycles. The van der Waals surface area contributed by atoms with Gasteiger partial charge in [0.05, 0.1) is 22.8 Å². The predicted octanol–water partition coefficient (Wildman–Crippen LogP) is 3.04. The van der Waals surface area contributed by atoms with Gasteiger partial charge in [-0.05, 0) is 36.1 Å². The number of aliphatic imine (C=N–C) groups is 1. The molecule has 11 heteroatoms. The van der Waals surface area contributed by atoms with Gasteiger partial charge < -0.3 is 20.9 Å². The van der Waals surface area contributed by atoms with Crippen molar-refractivity contribution >= 4 is 21.8 Å². The maximum atomic E-state index is 13.8. The van der Waals surface area contributed by atoms with Crippen molar-refractivity contribution in [2.45, 2.75) is 45.4 Å². The molecule has 0 radical (unpaired) electrons. The smallest absolute Gasteiger partial charge is 0.407 e. The van der Waals surface area contributed by atoms with Crippen LogP contribution >= 0.6 is 0 Å². The highest BCUT2D eigenvalue weighted by molar-refractivity contribution is 7.93. The fourth-order valence-corrected chi connectivity index (χ4v) is 6.26. The summed E-state index contributed by atoms with van der Waals surface area (Å²) in [6.07, 6.45) is 6.62. The Labute approximate surface area is 235 Å². The topological polar surface area (TPSA) is 147 Å². The minimum absolute atomic E-state index is 0.00853. The van der Waals surface area contributed by atoms with E-state index in [1.807, 2.05) is 44.2 Å². The normalized spacial score (nSPS) is 16.4. The molecular weight excluding hydrogens is 530 g/mol. The van der Waals surface area contributed by atoms with Gasteiger partial charge in [0.25, 0.3) is 0 Å². The van der Waals surface area contributed by atoms with E-state index in [2.05, 4.69) is 15.3 Å². The SMILES string of the molecule is CC(C)CN(CC(O)C(Cc1ccccc1)NC(=O)OCc1cccnc1)S(=O)(=O)C1=CC=C2C=C(N)N=C2C1. The van der Waals surface area contributed by atoms with Crippen LogP contribution in [-0.2, 0) is 27.8 Å². The molecule has 0 spiro atoms. The highest BCUT2D eigenvalue weighted by Crippen LogP contribution is 2.28. The Morgan fingerprint density at radius 1 is 1.12 bits per heavy atom. The second-order valence-corrected chi connectivity index (χ2v) is 12.2. The number of nitrogens with zero attached hydrogens (tertiary/aromatic N) is 3. The number of ether oxygens (including phenoxy) is 1. The van der Waals surface area contributed by atoms with Gasteiger partial charge in [-0.15, -0.1) is 0 Å². The van der Waals surface area contributed by atoms with Crippen LogP contribution in [0.3, 0.4) is 0 Å². The number of fused-ring (bicyclic) bond motifs is 1. The Morgan fingerprint density at radius 2 is 1.88 bits per heavy atom. The molecule has 1 amide bonds. The number of hydrogen-bond acceptors (Lipinski definition) is 8. The van der Waals surface area contributed by atoms with Gasteiger partial charge in [0, 0.05) is 43.0 Å². The number of alkyl carbamates (subject to hydrolysis) is 1. The Balaban J connectivity index is 1.51. The number of allylic oxidation sites excluding steroid dienone is 5. The summed E-state index contributed by atoms with van der Waals surface area (Å²) in [6, 6.07) is 12.1. The number of nitrogens with one attached hydrogen (secondary N) is 1. The summed E-state index contributed by atoms with van der Waals surface area (Å²) in [6.45, 7) is 3.78. The van der Waals surface area contributed by atoms with E-state index in [0.717, 1.165) is 11.1 Å². The Bertz CT molecular complexity index is 1420. The summed E-state index contributed by atoms with van der Waals surface area (Å²) in [4.78, 5) is 21.2. The molecule has 1 aromatic carbocycles. The van der Waals surface area contributed by atoms with Gasteiger partial charge in [0.2, 0.25) is 10.0 Å². The molecule has 0 saturated carbocycles. The number of nitrogens with two attached hydrogens (primary N) is 1. The fourth-order valence-electron chi connectivity index (χ4n) is 4.52. The first-order valence-electron chi connectivity index (χ1n) is 13.1. The van der Waals surface area contributed by atoms with E-state index < -0.39 is 28.3 Å². The lowest BCUT2D eigenvalue weighted by Crippen LogP contribution is -2.51. The van der Waals surface area contributed by atoms with Gasteiger partial charge in [-0.3, -0.25) is 4.98 Å². The average Bonchev–Trinajstić information content (AvgIpc) is 3.31. The lowest BCUT2D eigenvalue weighted by molar-refractivity contribution is 0.0874. The molecule has 2 atom stereocenters. The lowest BCUT2D eigenvalue weighted by Gasteiger charge is -2.31. The molecule has 2 aromatic rings. The van der Waals surface area contributed by atoms with E-state index in [4.69, 9.17) is 10.5 Å². The maximum absolute atomic E-state index is 13.8. The third kappa shape index (κ3) is 7.65. The second-order valence-electron chi connectivity index (χ2n) is 10.2. The number of carbonyl (C=O) groups excluding carboxylic acids is 1. The van der Waals surface area contributed by atoms with Gasteiger partial charge in [-0.2, -0.15) is 4.31 Å².